The summed E-state index contributed by atoms with van der Waals surface area (Å²) in [4.78, 5) is 39.9. The van der Waals surface area contributed by atoms with E-state index in [0.717, 1.165) is 53.8 Å². The van der Waals surface area contributed by atoms with Crippen LogP contribution in [0.25, 0.3) is 0 Å². The van der Waals surface area contributed by atoms with Crippen molar-refractivity contribution in [2.24, 2.45) is 0 Å². The Balaban J connectivity index is 1.48. The second-order valence-corrected chi connectivity index (χ2v) is 10.2. The average Bonchev–Trinajstić information content (AvgIpc) is 3.29. The fraction of sp³-hybridized carbons (Fsp3) is 0.345. The van der Waals surface area contributed by atoms with Gasteiger partial charge in [-0.2, -0.15) is 0 Å². The number of aryl methyl sites for hydroxylation is 1. The molecule has 8 heteroatoms. The zero-order chi connectivity index (χ0) is 26.4. The first-order valence-corrected chi connectivity index (χ1v) is 13.4. The molecule has 1 aliphatic rings. The first kappa shape index (κ1) is 26.4. The van der Waals surface area contributed by atoms with Crippen molar-refractivity contribution in [1.29, 1.82) is 0 Å². The number of amides is 2. The van der Waals surface area contributed by atoms with Crippen molar-refractivity contribution in [2.75, 3.05) is 24.4 Å². The number of nitrogens with one attached hydrogen (secondary N) is 2. The van der Waals surface area contributed by atoms with Crippen molar-refractivity contribution in [3.8, 4) is 5.75 Å². The Morgan fingerprint density at radius 1 is 1.00 bits per heavy atom. The lowest BCUT2D eigenvalue weighted by Gasteiger charge is -2.16. The van der Waals surface area contributed by atoms with Gasteiger partial charge in [-0.05, 0) is 79.5 Å². The topological polar surface area (TPSA) is 93.7 Å². The van der Waals surface area contributed by atoms with Crippen LogP contribution >= 0.6 is 11.3 Å². The zero-order valence-electron chi connectivity index (χ0n) is 21.4. The first-order valence-electron chi connectivity index (χ1n) is 12.6. The van der Waals surface area contributed by atoms with Gasteiger partial charge in [-0.3, -0.25) is 9.59 Å². The van der Waals surface area contributed by atoms with E-state index in [1.807, 2.05) is 24.3 Å². The van der Waals surface area contributed by atoms with Crippen LogP contribution in [0.15, 0.2) is 48.5 Å². The largest absolute Gasteiger partial charge is 0.497 e. The van der Waals surface area contributed by atoms with Crippen molar-refractivity contribution < 1.29 is 23.9 Å². The molecule has 0 aliphatic heterocycles. The molecule has 0 spiro atoms. The number of rotatable bonds is 9. The number of methoxy groups -OCH3 is 1. The zero-order valence-corrected chi connectivity index (χ0v) is 22.2. The van der Waals surface area contributed by atoms with E-state index in [1.165, 1.54) is 11.3 Å². The monoisotopic (exact) mass is 520 g/mol. The number of fused-ring (bicyclic) bond motifs is 1. The van der Waals surface area contributed by atoms with E-state index in [4.69, 9.17) is 9.47 Å². The van der Waals surface area contributed by atoms with Crippen LogP contribution in [0.4, 0.5) is 10.7 Å². The summed E-state index contributed by atoms with van der Waals surface area (Å²) in [7, 11) is 1.56. The summed E-state index contributed by atoms with van der Waals surface area (Å²) in [5.41, 5.74) is 3.48. The average molecular weight is 521 g/mol. The van der Waals surface area contributed by atoms with E-state index < -0.39 is 18.5 Å². The molecule has 2 N–H and O–H groups in total. The molecule has 1 atom stereocenters. The van der Waals surface area contributed by atoms with Gasteiger partial charge in [-0.25, -0.2) is 4.79 Å². The molecule has 1 aliphatic carbocycles. The summed E-state index contributed by atoms with van der Waals surface area (Å²) < 4.78 is 10.6. The van der Waals surface area contributed by atoms with Gasteiger partial charge in [-0.15, -0.1) is 11.3 Å². The number of hydrogen-bond acceptors (Lipinski definition) is 6. The highest BCUT2D eigenvalue weighted by Crippen LogP contribution is 2.39. The summed E-state index contributed by atoms with van der Waals surface area (Å²) in [5.74, 6) is -0.396. The quantitative estimate of drug-likeness (QED) is 0.328. The summed E-state index contributed by atoms with van der Waals surface area (Å²) >= 11 is 1.41. The number of ether oxygens (including phenoxy) is 2. The van der Waals surface area contributed by atoms with E-state index >= 15 is 0 Å². The number of hydrogen-bond donors (Lipinski definition) is 2. The second kappa shape index (κ2) is 12.1. The molecular formula is C29H32N2O5S. The summed E-state index contributed by atoms with van der Waals surface area (Å²) in [6.07, 6.45) is 4.53. The van der Waals surface area contributed by atoms with Gasteiger partial charge in [0.1, 0.15) is 10.8 Å². The number of carbonyl (C=O) groups is 3. The third-order valence-corrected chi connectivity index (χ3v) is 7.87. The molecule has 0 unspecified atom stereocenters. The summed E-state index contributed by atoms with van der Waals surface area (Å²) in [5, 5.41) is 6.23. The van der Waals surface area contributed by atoms with E-state index in [2.05, 4.69) is 24.5 Å². The minimum atomic E-state index is -0.602. The Labute approximate surface area is 221 Å². The molecule has 37 heavy (non-hydrogen) atoms. The van der Waals surface area contributed by atoms with E-state index in [1.54, 1.807) is 31.4 Å². The molecule has 194 valence electrons. The predicted octanol–water partition coefficient (Wildman–Crippen LogP) is 6.20. The maximum Gasteiger partial charge on any atom is 0.341 e. The van der Waals surface area contributed by atoms with Crippen LogP contribution in [0, 0.1) is 0 Å². The van der Waals surface area contributed by atoms with Crippen molar-refractivity contribution in [1.82, 2.24) is 0 Å². The Bertz CT molecular complexity index is 1280. The molecule has 0 radical (unpaired) electrons. The lowest BCUT2D eigenvalue weighted by molar-refractivity contribution is -0.119. The standard InChI is InChI=1S/C29H32N2O5S/c1-4-18(2)21-9-5-7-11-23(21)30-25(32)17-36-29(34)26-22-10-6-8-12-24(22)37-28(26)31-27(33)19-13-15-20(35-3)16-14-19/h5,7,9,11,13-16,18H,4,6,8,10,12,17H2,1-3H3,(H,30,32)(H,31,33)/t18-/m1/s1. The van der Waals surface area contributed by atoms with Gasteiger partial charge in [0.15, 0.2) is 6.61 Å². The molecule has 2 amide bonds. The molecule has 0 saturated heterocycles. The third kappa shape index (κ3) is 6.20. The van der Waals surface area contributed by atoms with E-state index in [9.17, 15) is 14.4 Å². The van der Waals surface area contributed by atoms with E-state index in [-0.39, 0.29) is 11.8 Å². The number of thiophene rings is 1. The molecule has 0 saturated carbocycles. The Hall–Kier alpha value is -3.65. The van der Waals surface area contributed by atoms with Crippen molar-refractivity contribution >= 4 is 39.8 Å². The molecular weight excluding hydrogens is 488 g/mol. The second-order valence-electron chi connectivity index (χ2n) is 9.12. The molecule has 0 fully saturated rings. The van der Waals surface area contributed by atoms with Crippen molar-refractivity contribution in [3.63, 3.8) is 0 Å². The highest BCUT2D eigenvalue weighted by molar-refractivity contribution is 7.17. The SMILES string of the molecule is CC[C@@H](C)c1ccccc1NC(=O)COC(=O)c1c(NC(=O)c2ccc(OC)cc2)sc2c1CCCC2. The molecule has 3 aromatic rings. The number of esters is 1. The molecule has 2 aromatic carbocycles. The molecule has 4 rings (SSSR count). The molecule has 1 aromatic heterocycles. The maximum absolute atomic E-state index is 13.2. The Morgan fingerprint density at radius 2 is 1.73 bits per heavy atom. The smallest absolute Gasteiger partial charge is 0.341 e. The van der Waals surface area contributed by atoms with Crippen LogP contribution in [0.3, 0.4) is 0 Å². The summed E-state index contributed by atoms with van der Waals surface area (Å²) in [6.45, 7) is 3.79. The van der Waals surface area contributed by atoms with Gasteiger partial charge in [0.05, 0.1) is 12.7 Å². The van der Waals surface area contributed by atoms with Crippen LogP contribution in [-0.2, 0) is 22.4 Å². The lowest BCUT2D eigenvalue weighted by atomic mass is 9.95. The number of carbonyl (C=O) groups excluding carboxylic acids is 3. The van der Waals surface area contributed by atoms with Crippen molar-refractivity contribution in [2.45, 2.75) is 51.9 Å². The van der Waals surface area contributed by atoms with E-state index in [0.29, 0.717) is 21.9 Å². The third-order valence-electron chi connectivity index (χ3n) is 6.67. The highest BCUT2D eigenvalue weighted by atomic mass is 32.1. The maximum atomic E-state index is 13.2. The predicted molar refractivity (Wildman–Crippen MR) is 146 cm³/mol. The van der Waals surface area contributed by atoms with Gasteiger partial charge < -0.3 is 20.1 Å². The Kier molecular flexibility index (Phi) is 8.61. The number of para-hydroxylation sites is 1. The van der Waals surface area contributed by atoms with Gasteiger partial charge in [0, 0.05) is 16.1 Å². The lowest BCUT2D eigenvalue weighted by Crippen LogP contribution is -2.23. The van der Waals surface area contributed by atoms with Gasteiger partial charge in [0.25, 0.3) is 11.8 Å². The van der Waals surface area contributed by atoms with Crippen LogP contribution in [0.1, 0.15) is 75.7 Å². The minimum Gasteiger partial charge on any atom is -0.497 e. The van der Waals surface area contributed by atoms with Crippen LogP contribution < -0.4 is 15.4 Å². The van der Waals surface area contributed by atoms with Gasteiger partial charge in [0.2, 0.25) is 0 Å². The summed E-state index contributed by atoms with van der Waals surface area (Å²) in [6, 6.07) is 14.4. The normalized spacial score (nSPS) is 13.3. The van der Waals surface area contributed by atoms with Crippen LogP contribution in [-0.4, -0.2) is 31.5 Å². The fourth-order valence-corrected chi connectivity index (χ4v) is 5.71. The Morgan fingerprint density at radius 3 is 2.46 bits per heavy atom. The minimum absolute atomic E-state index is 0.285. The van der Waals surface area contributed by atoms with Gasteiger partial charge >= 0.3 is 5.97 Å². The molecule has 0 bridgehead atoms. The van der Waals surface area contributed by atoms with Crippen molar-refractivity contribution in [3.05, 3.63) is 75.7 Å². The van der Waals surface area contributed by atoms with Crippen LogP contribution in [0.5, 0.6) is 5.75 Å². The highest BCUT2D eigenvalue weighted by Gasteiger charge is 2.28. The first-order chi connectivity index (χ1) is 17.9. The molecule has 7 nitrogen and oxygen atoms in total. The van der Waals surface area contributed by atoms with Crippen LogP contribution in [0.2, 0.25) is 0 Å². The number of anilines is 2. The van der Waals surface area contributed by atoms with Gasteiger partial charge in [-0.1, -0.05) is 32.0 Å². The molecule has 1 heterocycles. The fourth-order valence-electron chi connectivity index (χ4n) is 4.44. The number of benzene rings is 2.